The molecule has 0 bridgehead atoms. The average molecular weight is 485 g/mol. The minimum atomic E-state index is -4.02. The van der Waals surface area contributed by atoms with E-state index in [-0.39, 0.29) is 30.3 Å². The zero-order valence-electron chi connectivity index (χ0n) is 18.8. The smallest absolute Gasteiger partial charge is 0.331 e. The van der Waals surface area contributed by atoms with Crippen LogP contribution < -0.4 is 16.0 Å². The first-order valence-corrected chi connectivity index (χ1v) is 12.4. The fourth-order valence-electron chi connectivity index (χ4n) is 4.17. The predicted molar refractivity (Wildman–Crippen MR) is 119 cm³/mol. The minimum absolute atomic E-state index is 0.0125. The highest BCUT2D eigenvalue weighted by Crippen LogP contribution is 2.33. The molecular formula is C21H32N4O7S. The number of carbonyl (C=O) groups excluding carboxylic acids is 2. The molecule has 1 aromatic rings. The maximum Gasteiger partial charge on any atom is 0.331 e. The number of nitrogens with zero attached hydrogens (tertiary/aromatic N) is 2. The Balaban J connectivity index is 1.87. The maximum atomic E-state index is 13.6. The molecule has 2 fully saturated rings. The van der Waals surface area contributed by atoms with Crippen molar-refractivity contribution >= 4 is 21.9 Å². The number of amides is 1. The number of benzene rings is 1. The molecule has 33 heavy (non-hydrogen) atoms. The monoisotopic (exact) mass is 484 g/mol. The van der Waals surface area contributed by atoms with Crippen LogP contribution in [0.4, 0.5) is 0 Å². The van der Waals surface area contributed by atoms with Crippen LogP contribution in [-0.2, 0) is 29.2 Å². The van der Waals surface area contributed by atoms with E-state index >= 15 is 0 Å². The summed E-state index contributed by atoms with van der Waals surface area (Å²) in [7, 11) is -2.53. The van der Waals surface area contributed by atoms with Gasteiger partial charge in [-0.25, -0.2) is 13.2 Å². The summed E-state index contributed by atoms with van der Waals surface area (Å²) in [6.07, 6.45) is 0.728. The Kier molecular flexibility index (Phi) is 8.65. The van der Waals surface area contributed by atoms with Crippen molar-refractivity contribution in [3.8, 4) is 5.75 Å². The summed E-state index contributed by atoms with van der Waals surface area (Å²) in [6, 6.07) is 6.00. The van der Waals surface area contributed by atoms with E-state index in [9.17, 15) is 18.0 Å². The third-order valence-corrected chi connectivity index (χ3v) is 8.08. The number of carbonyl (C=O) groups is 2. The Morgan fingerprint density at radius 2 is 1.82 bits per heavy atom. The predicted octanol–water partition coefficient (Wildman–Crippen LogP) is -0.278. The van der Waals surface area contributed by atoms with Gasteiger partial charge in [-0.2, -0.15) is 10.2 Å². The molecule has 1 amide bonds. The van der Waals surface area contributed by atoms with Gasteiger partial charge in [0.15, 0.2) is 0 Å². The van der Waals surface area contributed by atoms with Crippen molar-refractivity contribution in [2.75, 3.05) is 59.6 Å². The number of methoxy groups -OCH3 is 1. The molecule has 3 rings (SSSR count). The van der Waals surface area contributed by atoms with Crippen LogP contribution in [0, 0.1) is 5.41 Å². The molecule has 3 N–H and O–H groups in total. The molecular weight excluding hydrogens is 452 g/mol. The van der Waals surface area contributed by atoms with Gasteiger partial charge in [0.2, 0.25) is 15.9 Å². The Hall–Kier alpha value is -2.25. The highest BCUT2D eigenvalue weighted by atomic mass is 32.2. The third kappa shape index (κ3) is 6.01. The van der Waals surface area contributed by atoms with Crippen molar-refractivity contribution in [2.24, 2.45) is 11.3 Å². The van der Waals surface area contributed by atoms with Crippen LogP contribution in [0.15, 0.2) is 29.2 Å². The molecule has 0 aromatic heterocycles. The fraction of sp³-hybridized carbons (Fsp3) is 0.619. The van der Waals surface area contributed by atoms with Crippen molar-refractivity contribution in [3.05, 3.63) is 24.3 Å². The molecule has 1 aromatic carbocycles. The summed E-state index contributed by atoms with van der Waals surface area (Å²) in [5, 5.41) is 3.16. The van der Waals surface area contributed by atoms with E-state index in [1.807, 2.05) is 0 Å². The molecule has 0 unspecified atom stereocenters. The largest absolute Gasteiger partial charge is 0.497 e. The Bertz CT molecular complexity index is 911. The molecule has 2 aliphatic rings. The van der Waals surface area contributed by atoms with Gasteiger partial charge < -0.3 is 24.5 Å². The Labute approximate surface area is 194 Å². The van der Waals surface area contributed by atoms with E-state index in [0.29, 0.717) is 58.0 Å². The number of hydrogen-bond donors (Lipinski definition) is 2. The minimum Gasteiger partial charge on any atom is -0.497 e. The van der Waals surface area contributed by atoms with Gasteiger partial charge in [-0.3, -0.25) is 4.79 Å². The first kappa shape index (κ1) is 25.4. The highest BCUT2D eigenvalue weighted by Gasteiger charge is 2.45. The van der Waals surface area contributed by atoms with E-state index in [0.717, 1.165) is 0 Å². The fourth-order valence-corrected chi connectivity index (χ4v) is 5.69. The SMILES string of the molecule is COc1ccc(S(=O)(=O)N(CCC(=O)N2CCOCC2)CC2(C(=O)ON)CCNCC2)cc1. The molecule has 12 heteroatoms. The second kappa shape index (κ2) is 11.3. The van der Waals surface area contributed by atoms with E-state index in [1.54, 1.807) is 17.0 Å². The zero-order chi connectivity index (χ0) is 23.9. The second-order valence-corrected chi connectivity index (χ2v) is 10.1. The molecule has 2 aliphatic heterocycles. The quantitative estimate of drug-likeness (QED) is 0.453. The lowest BCUT2D eigenvalue weighted by molar-refractivity contribution is -0.159. The van der Waals surface area contributed by atoms with Gasteiger partial charge in [0, 0.05) is 32.6 Å². The first-order valence-electron chi connectivity index (χ1n) is 10.9. The summed E-state index contributed by atoms with van der Waals surface area (Å²) in [5.74, 6) is 4.92. The van der Waals surface area contributed by atoms with Gasteiger partial charge in [-0.05, 0) is 50.2 Å². The van der Waals surface area contributed by atoms with Gasteiger partial charge in [-0.15, -0.1) is 0 Å². The number of hydrogen-bond acceptors (Lipinski definition) is 9. The molecule has 2 saturated heterocycles. The van der Waals surface area contributed by atoms with E-state index < -0.39 is 21.4 Å². The van der Waals surface area contributed by atoms with Crippen molar-refractivity contribution in [3.63, 3.8) is 0 Å². The van der Waals surface area contributed by atoms with Gasteiger partial charge in [0.1, 0.15) is 5.75 Å². The molecule has 184 valence electrons. The van der Waals surface area contributed by atoms with Crippen LogP contribution >= 0.6 is 0 Å². The molecule has 11 nitrogen and oxygen atoms in total. The summed E-state index contributed by atoms with van der Waals surface area (Å²) in [4.78, 5) is 31.7. The number of nitrogens with one attached hydrogen (secondary N) is 1. The lowest BCUT2D eigenvalue weighted by atomic mass is 9.79. The van der Waals surface area contributed by atoms with Crippen LogP contribution in [0.2, 0.25) is 0 Å². The van der Waals surface area contributed by atoms with E-state index in [2.05, 4.69) is 10.2 Å². The summed E-state index contributed by atoms with van der Waals surface area (Å²) >= 11 is 0. The van der Waals surface area contributed by atoms with Gasteiger partial charge in [0.25, 0.3) is 0 Å². The van der Waals surface area contributed by atoms with Gasteiger partial charge in [0.05, 0.1) is 30.6 Å². The third-order valence-electron chi connectivity index (χ3n) is 6.22. The van der Waals surface area contributed by atoms with Crippen LogP contribution in [-0.4, -0.2) is 89.1 Å². The van der Waals surface area contributed by atoms with E-state index in [4.69, 9.17) is 15.4 Å². The summed E-state index contributed by atoms with van der Waals surface area (Å²) < 4.78 is 38.8. The number of sulfonamides is 1. The molecule has 0 spiro atoms. The van der Waals surface area contributed by atoms with Crippen LogP contribution in [0.5, 0.6) is 5.75 Å². The van der Waals surface area contributed by atoms with E-state index in [1.165, 1.54) is 23.5 Å². The number of ether oxygens (including phenoxy) is 2. The molecule has 0 aliphatic carbocycles. The molecule has 0 radical (unpaired) electrons. The zero-order valence-corrected chi connectivity index (χ0v) is 19.6. The highest BCUT2D eigenvalue weighted by molar-refractivity contribution is 7.89. The molecule has 0 atom stereocenters. The lowest BCUT2D eigenvalue weighted by Crippen LogP contribution is -2.52. The summed E-state index contributed by atoms with van der Waals surface area (Å²) in [6.45, 7) is 2.71. The molecule has 0 saturated carbocycles. The Morgan fingerprint density at radius 1 is 1.18 bits per heavy atom. The van der Waals surface area contributed by atoms with Gasteiger partial charge in [-0.1, -0.05) is 0 Å². The van der Waals surface area contributed by atoms with Crippen LogP contribution in [0.1, 0.15) is 19.3 Å². The Morgan fingerprint density at radius 3 is 2.39 bits per heavy atom. The maximum absolute atomic E-state index is 13.6. The number of nitrogens with two attached hydrogens (primary N) is 1. The van der Waals surface area contributed by atoms with Crippen molar-refractivity contribution in [1.82, 2.24) is 14.5 Å². The van der Waals surface area contributed by atoms with Crippen molar-refractivity contribution < 1.29 is 32.3 Å². The number of piperidine rings is 1. The van der Waals surface area contributed by atoms with Crippen LogP contribution in [0.3, 0.4) is 0 Å². The number of rotatable bonds is 9. The first-order chi connectivity index (χ1) is 15.8. The number of morpholine rings is 1. The van der Waals surface area contributed by atoms with Gasteiger partial charge >= 0.3 is 5.97 Å². The normalized spacial score (nSPS) is 18.7. The molecule has 2 heterocycles. The van der Waals surface area contributed by atoms with Crippen molar-refractivity contribution in [1.29, 1.82) is 0 Å². The average Bonchev–Trinajstić information content (AvgIpc) is 2.86. The second-order valence-electron chi connectivity index (χ2n) is 8.19. The standard InChI is InChI=1S/C21H32N4O7S/c1-30-17-2-4-18(5-3-17)33(28,29)25(11-6-19(26)24-12-14-31-15-13-24)16-21(20(27)32-22)7-9-23-10-8-21/h2-5,23H,6-16,22H2,1H3. The van der Waals surface area contributed by atoms with Crippen molar-refractivity contribution in [2.45, 2.75) is 24.2 Å². The van der Waals surface area contributed by atoms with Crippen LogP contribution in [0.25, 0.3) is 0 Å². The topological polar surface area (TPSA) is 140 Å². The lowest BCUT2D eigenvalue weighted by Gasteiger charge is -2.38. The summed E-state index contributed by atoms with van der Waals surface area (Å²) in [5.41, 5.74) is -1.10.